The summed E-state index contributed by atoms with van der Waals surface area (Å²) in [5, 5.41) is 21.4. The minimum Gasteiger partial charge on any atom is -0.387 e. The zero-order chi connectivity index (χ0) is 14.6. The highest BCUT2D eigenvalue weighted by Gasteiger charge is 2.41. The van der Waals surface area contributed by atoms with Crippen molar-refractivity contribution in [2.45, 2.75) is 37.9 Å². The monoisotopic (exact) mass is 270 g/mol. The Kier molecular flexibility index (Phi) is 4.26. The van der Waals surface area contributed by atoms with E-state index in [4.69, 9.17) is 0 Å². The number of aliphatic hydroxyl groups is 2. The highest BCUT2D eigenvalue weighted by atomic mass is 16.4. The van der Waals surface area contributed by atoms with Crippen molar-refractivity contribution in [2.24, 2.45) is 0 Å². The lowest BCUT2D eigenvalue weighted by Gasteiger charge is -2.39. The van der Waals surface area contributed by atoms with Crippen molar-refractivity contribution >= 4 is 0 Å². The van der Waals surface area contributed by atoms with Crippen LogP contribution in [0.15, 0.2) is 60.7 Å². The molecule has 0 aliphatic rings. The van der Waals surface area contributed by atoms with Crippen LogP contribution >= 0.6 is 0 Å². The van der Waals surface area contributed by atoms with Gasteiger partial charge in [-0.3, -0.25) is 0 Å². The summed E-state index contributed by atoms with van der Waals surface area (Å²) >= 11 is 0. The fourth-order valence-electron chi connectivity index (χ4n) is 2.37. The molecule has 0 radical (unpaired) electrons. The second-order valence-corrected chi connectivity index (χ2v) is 5.87. The molecule has 0 aliphatic heterocycles. The van der Waals surface area contributed by atoms with Crippen LogP contribution in [0.3, 0.4) is 0 Å². The van der Waals surface area contributed by atoms with Crippen molar-refractivity contribution in [2.75, 3.05) is 0 Å². The third-order valence-electron chi connectivity index (χ3n) is 3.94. The first-order valence-electron chi connectivity index (χ1n) is 6.93. The van der Waals surface area contributed by atoms with Gasteiger partial charge in [-0.15, -0.1) is 0 Å². The summed E-state index contributed by atoms with van der Waals surface area (Å²) in [7, 11) is 0. The summed E-state index contributed by atoms with van der Waals surface area (Å²) in [6, 6.07) is 19.5. The average Bonchev–Trinajstić information content (AvgIpc) is 2.40. The van der Waals surface area contributed by atoms with Crippen LogP contribution in [-0.2, 0) is 12.8 Å². The maximum absolute atomic E-state index is 10.7. The Morgan fingerprint density at radius 1 is 0.650 bits per heavy atom. The normalized spacial score (nSPS) is 17.2. The molecule has 2 heteroatoms. The van der Waals surface area contributed by atoms with Gasteiger partial charge >= 0.3 is 0 Å². The van der Waals surface area contributed by atoms with Crippen LogP contribution in [0.1, 0.15) is 25.0 Å². The van der Waals surface area contributed by atoms with Gasteiger partial charge in [-0.2, -0.15) is 0 Å². The quantitative estimate of drug-likeness (QED) is 0.877. The molecule has 2 atom stereocenters. The molecular weight excluding hydrogens is 248 g/mol. The maximum Gasteiger partial charge on any atom is 0.0946 e. The third-order valence-corrected chi connectivity index (χ3v) is 3.94. The van der Waals surface area contributed by atoms with Crippen LogP contribution in [0.25, 0.3) is 0 Å². The highest BCUT2D eigenvalue weighted by Crippen LogP contribution is 2.29. The van der Waals surface area contributed by atoms with Gasteiger partial charge in [0, 0.05) is 12.8 Å². The van der Waals surface area contributed by atoms with Gasteiger partial charge in [-0.25, -0.2) is 0 Å². The first-order chi connectivity index (χ1) is 9.41. The SMILES string of the molecule is C[C@@](O)(Cc1ccccc1)[C@](C)(O)Cc1ccccc1. The molecule has 0 spiro atoms. The molecule has 2 nitrogen and oxygen atoms in total. The molecule has 0 aliphatic carbocycles. The van der Waals surface area contributed by atoms with Crippen molar-refractivity contribution in [1.29, 1.82) is 0 Å². The molecule has 2 aromatic rings. The van der Waals surface area contributed by atoms with Crippen molar-refractivity contribution in [3.8, 4) is 0 Å². The predicted molar refractivity (Wildman–Crippen MR) is 81.5 cm³/mol. The van der Waals surface area contributed by atoms with Crippen LogP contribution in [0.2, 0.25) is 0 Å². The lowest BCUT2D eigenvalue weighted by Crippen LogP contribution is -2.53. The van der Waals surface area contributed by atoms with E-state index < -0.39 is 11.2 Å². The fourth-order valence-corrected chi connectivity index (χ4v) is 2.37. The van der Waals surface area contributed by atoms with Crippen molar-refractivity contribution in [1.82, 2.24) is 0 Å². The Morgan fingerprint density at radius 2 is 0.950 bits per heavy atom. The van der Waals surface area contributed by atoms with Gasteiger partial charge in [-0.1, -0.05) is 60.7 Å². The van der Waals surface area contributed by atoms with E-state index in [9.17, 15) is 10.2 Å². The number of benzene rings is 2. The molecule has 2 rings (SSSR count). The minimum absolute atomic E-state index is 0.424. The number of hydrogen-bond donors (Lipinski definition) is 2. The van der Waals surface area contributed by atoms with Gasteiger partial charge in [0.2, 0.25) is 0 Å². The van der Waals surface area contributed by atoms with Gasteiger partial charge in [0.25, 0.3) is 0 Å². The van der Waals surface area contributed by atoms with Gasteiger partial charge in [-0.05, 0) is 25.0 Å². The third kappa shape index (κ3) is 3.47. The summed E-state index contributed by atoms with van der Waals surface area (Å²) in [4.78, 5) is 0. The Morgan fingerprint density at radius 3 is 1.25 bits per heavy atom. The molecule has 2 N–H and O–H groups in total. The largest absolute Gasteiger partial charge is 0.387 e. The molecule has 0 heterocycles. The zero-order valence-electron chi connectivity index (χ0n) is 12.1. The lowest BCUT2D eigenvalue weighted by molar-refractivity contribution is -0.129. The van der Waals surface area contributed by atoms with Crippen LogP contribution < -0.4 is 0 Å². The van der Waals surface area contributed by atoms with Gasteiger partial charge in [0.1, 0.15) is 0 Å². The molecule has 2 aromatic carbocycles. The summed E-state index contributed by atoms with van der Waals surface area (Å²) in [6.45, 7) is 3.39. The molecule has 106 valence electrons. The van der Waals surface area contributed by atoms with Gasteiger partial charge in [0.05, 0.1) is 11.2 Å². The van der Waals surface area contributed by atoms with Crippen LogP contribution in [0, 0.1) is 0 Å². The van der Waals surface area contributed by atoms with Gasteiger partial charge in [0.15, 0.2) is 0 Å². The van der Waals surface area contributed by atoms with E-state index in [1.807, 2.05) is 60.7 Å². The highest BCUT2D eigenvalue weighted by molar-refractivity contribution is 5.22. The Bertz CT molecular complexity index is 478. The molecule has 0 bridgehead atoms. The van der Waals surface area contributed by atoms with E-state index in [2.05, 4.69) is 0 Å². The Hall–Kier alpha value is -1.64. The Balaban J connectivity index is 2.14. The standard InChI is InChI=1S/C18H22O2/c1-17(19,13-15-9-5-3-6-10-15)18(2,20)14-16-11-7-4-8-12-16/h3-12,19-20H,13-14H2,1-2H3/t17-,18-/m1/s1. The second-order valence-electron chi connectivity index (χ2n) is 5.87. The van der Waals surface area contributed by atoms with E-state index in [-0.39, 0.29) is 0 Å². The first kappa shape index (κ1) is 14.8. The predicted octanol–water partition coefficient (Wildman–Crippen LogP) is 2.97. The van der Waals surface area contributed by atoms with Crippen molar-refractivity contribution in [3.05, 3.63) is 71.8 Å². The van der Waals surface area contributed by atoms with Crippen molar-refractivity contribution in [3.63, 3.8) is 0 Å². The zero-order valence-corrected chi connectivity index (χ0v) is 12.1. The molecule has 0 fully saturated rings. The van der Waals surface area contributed by atoms with Crippen LogP contribution in [-0.4, -0.2) is 21.4 Å². The van der Waals surface area contributed by atoms with E-state index in [1.165, 1.54) is 0 Å². The minimum atomic E-state index is -1.19. The summed E-state index contributed by atoms with van der Waals surface area (Å²) in [5.74, 6) is 0. The summed E-state index contributed by atoms with van der Waals surface area (Å²) in [5.41, 5.74) is -0.342. The first-order valence-corrected chi connectivity index (χ1v) is 6.93. The average molecular weight is 270 g/mol. The number of rotatable bonds is 5. The van der Waals surface area contributed by atoms with Gasteiger partial charge < -0.3 is 10.2 Å². The number of hydrogen-bond acceptors (Lipinski definition) is 2. The second kappa shape index (κ2) is 5.78. The lowest BCUT2D eigenvalue weighted by atomic mass is 9.77. The molecule has 0 unspecified atom stereocenters. The maximum atomic E-state index is 10.7. The molecule has 0 saturated carbocycles. The van der Waals surface area contributed by atoms with Crippen LogP contribution in [0.4, 0.5) is 0 Å². The van der Waals surface area contributed by atoms with E-state index >= 15 is 0 Å². The fraction of sp³-hybridized carbons (Fsp3) is 0.333. The molecule has 0 saturated heterocycles. The molecule has 0 amide bonds. The molecule has 20 heavy (non-hydrogen) atoms. The topological polar surface area (TPSA) is 40.5 Å². The summed E-state index contributed by atoms with van der Waals surface area (Å²) < 4.78 is 0. The summed E-state index contributed by atoms with van der Waals surface area (Å²) in [6.07, 6.45) is 0.849. The van der Waals surface area contributed by atoms with E-state index in [1.54, 1.807) is 13.8 Å². The van der Waals surface area contributed by atoms with Crippen molar-refractivity contribution < 1.29 is 10.2 Å². The van der Waals surface area contributed by atoms with E-state index in [0.29, 0.717) is 12.8 Å². The van der Waals surface area contributed by atoms with E-state index in [0.717, 1.165) is 11.1 Å². The smallest absolute Gasteiger partial charge is 0.0946 e. The molecule has 0 aromatic heterocycles. The van der Waals surface area contributed by atoms with Crippen LogP contribution in [0.5, 0.6) is 0 Å². The molecular formula is C18H22O2. The Labute approximate surface area is 120 Å².